The maximum absolute atomic E-state index is 13.4. The zero-order valence-electron chi connectivity index (χ0n) is 23.9. The first-order valence-corrected chi connectivity index (χ1v) is 14.3. The minimum atomic E-state index is -0.390. The van der Waals surface area contributed by atoms with Crippen LogP contribution in [0.4, 0.5) is 5.69 Å². The minimum Gasteiger partial charge on any atom is -0.497 e. The van der Waals surface area contributed by atoms with Gasteiger partial charge in [-0.1, -0.05) is 24.3 Å². The minimum absolute atomic E-state index is 0.124. The van der Waals surface area contributed by atoms with Gasteiger partial charge in [0.05, 0.1) is 25.3 Å². The number of carbonyl (C=O) groups excluding carboxylic acids is 1. The first-order valence-electron chi connectivity index (χ1n) is 14.3. The van der Waals surface area contributed by atoms with E-state index in [1.54, 1.807) is 26.5 Å². The molecule has 0 saturated heterocycles. The van der Waals surface area contributed by atoms with Crippen LogP contribution < -0.4 is 25.5 Å². The molecule has 0 atom stereocenters. The van der Waals surface area contributed by atoms with Gasteiger partial charge in [-0.3, -0.25) is 14.6 Å². The van der Waals surface area contributed by atoms with E-state index < -0.39 is 0 Å². The largest absolute Gasteiger partial charge is 0.497 e. The fraction of sp³-hybridized carbons (Fsp3) is 0.265. The lowest BCUT2D eigenvalue weighted by molar-refractivity contribution is 0.0953. The molecule has 0 fully saturated rings. The Hall–Kier alpha value is -4.85. The number of benzene rings is 3. The Morgan fingerprint density at radius 2 is 1.67 bits per heavy atom. The molecule has 3 aromatic carbocycles. The van der Waals surface area contributed by atoms with Gasteiger partial charge in [0.1, 0.15) is 17.1 Å². The predicted molar refractivity (Wildman–Crippen MR) is 166 cm³/mol. The number of anilines is 1. The monoisotopic (exact) mass is 562 g/mol. The molecule has 214 valence electrons. The van der Waals surface area contributed by atoms with Crippen molar-refractivity contribution in [1.82, 2.24) is 14.9 Å². The van der Waals surface area contributed by atoms with Crippen molar-refractivity contribution in [3.05, 3.63) is 106 Å². The molecule has 2 heterocycles. The summed E-state index contributed by atoms with van der Waals surface area (Å²) in [5.74, 6) is 1.16. The van der Waals surface area contributed by atoms with E-state index in [0.29, 0.717) is 25.0 Å². The highest BCUT2D eigenvalue weighted by molar-refractivity contribution is 5.97. The van der Waals surface area contributed by atoms with E-state index in [9.17, 15) is 9.59 Å². The van der Waals surface area contributed by atoms with Crippen molar-refractivity contribution in [2.45, 2.75) is 32.2 Å². The quantitative estimate of drug-likeness (QED) is 0.236. The average Bonchev–Trinajstić information content (AvgIpc) is 3.04. The second-order valence-corrected chi connectivity index (χ2v) is 10.5. The second-order valence-electron chi connectivity index (χ2n) is 10.5. The molecule has 8 nitrogen and oxygen atoms in total. The van der Waals surface area contributed by atoms with Gasteiger partial charge < -0.3 is 24.7 Å². The number of nitrogens with one attached hydrogen (secondary N) is 2. The Labute approximate surface area is 244 Å². The molecule has 8 heteroatoms. The van der Waals surface area contributed by atoms with E-state index in [2.05, 4.69) is 10.6 Å². The third-order valence-corrected chi connectivity index (χ3v) is 7.93. The normalized spacial score (nSPS) is 12.6. The Morgan fingerprint density at radius 3 is 2.48 bits per heavy atom. The predicted octanol–water partition coefficient (Wildman–Crippen LogP) is 5.34. The highest BCUT2D eigenvalue weighted by atomic mass is 16.5. The summed E-state index contributed by atoms with van der Waals surface area (Å²) in [5, 5.41) is 8.05. The number of carbonyl (C=O) groups is 1. The molecule has 0 spiro atoms. The number of rotatable bonds is 9. The van der Waals surface area contributed by atoms with Crippen molar-refractivity contribution >= 4 is 33.4 Å². The molecule has 1 aliphatic rings. The van der Waals surface area contributed by atoms with Crippen LogP contribution in [-0.4, -0.2) is 42.8 Å². The van der Waals surface area contributed by atoms with Crippen molar-refractivity contribution in [3.8, 4) is 11.5 Å². The SMILES string of the molecule is COc1ccc(Cn2cc(C(=O)NCCNc3c4c(nc5ccc(OC)cc35)CCCC4)c(=O)c3ccccc32)cc1. The highest BCUT2D eigenvalue weighted by Gasteiger charge is 2.19. The highest BCUT2D eigenvalue weighted by Crippen LogP contribution is 2.35. The van der Waals surface area contributed by atoms with Gasteiger partial charge in [0, 0.05) is 48.0 Å². The van der Waals surface area contributed by atoms with E-state index in [4.69, 9.17) is 14.5 Å². The molecular weight excluding hydrogens is 528 g/mol. The molecule has 0 aliphatic heterocycles. The smallest absolute Gasteiger partial charge is 0.256 e. The lowest BCUT2D eigenvalue weighted by atomic mass is 9.92. The zero-order chi connectivity index (χ0) is 29.1. The van der Waals surface area contributed by atoms with Crippen LogP contribution in [0.25, 0.3) is 21.8 Å². The summed E-state index contributed by atoms with van der Waals surface area (Å²) in [6, 6.07) is 21.1. The van der Waals surface area contributed by atoms with Gasteiger partial charge >= 0.3 is 0 Å². The molecule has 6 rings (SSSR count). The molecule has 0 radical (unpaired) electrons. The summed E-state index contributed by atoms with van der Waals surface area (Å²) in [6.07, 6.45) is 5.86. The van der Waals surface area contributed by atoms with Crippen molar-refractivity contribution in [2.75, 3.05) is 32.6 Å². The fourth-order valence-corrected chi connectivity index (χ4v) is 5.76. The lowest BCUT2D eigenvalue weighted by Crippen LogP contribution is -2.33. The molecule has 0 unspecified atom stereocenters. The first kappa shape index (κ1) is 27.3. The van der Waals surface area contributed by atoms with Crippen LogP contribution in [0.15, 0.2) is 77.7 Å². The lowest BCUT2D eigenvalue weighted by Gasteiger charge is -2.22. The van der Waals surface area contributed by atoms with E-state index in [0.717, 1.165) is 70.5 Å². The van der Waals surface area contributed by atoms with E-state index in [1.807, 2.05) is 65.2 Å². The van der Waals surface area contributed by atoms with E-state index in [-0.39, 0.29) is 16.9 Å². The Balaban J connectivity index is 1.22. The van der Waals surface area contributed by atoms with Gasteiger partial charge in [-0.2, -0.15) is 0 Å². The molecular formula is C34H34N4O4. The third-order valence-electron chi connectivity index (χ3n) is 7.93. The van der Waals surface area contributed by atoms with Crippen LogP contribution in [-0.2, 0) is 19.4 Å². The van der Waals surface area contributed by atoms with E-state index in [1.165, 1.54) is 5.56 Å². The number of fused-ring (bicyclic) bond motifs is 3. The van der Waals surface area contributed by atoms with Crippen LogP contribution in [0.2, 0.25) is 0 Å². The number of ether oxygens (including phenoxy) is 2. The molecule has 1 aliphatic carbocycles. The summed E-state index contributed by atoms with van der Waals surface area (Å²) in [5.41, 5.74) is 6.02. The summed E-state index contributed by atoms with van der Waals surface area (Å²) >= 11 is 0. The molecule has 2 N–H and O–H groups in total. The fourth-order valence-electron chi connectivity index (χ4n) is 5.76. The maximum atomic E-state index is 13.4. The van der Waals surface area contributed by atoms with Crippen LogP contribution in [0, 0.1) is 0 Å². The average molecular weight is 563 g/mol. The number of para-hydroxylation sites is 1. The van der Waals surface area contributed by atoms with Crippen LogP contribution >= 0.6 is 0 Å². The van der Waals surface area contributed by atoms with Crippen LogP contribution in [0.1, 0.15) is 40.0 Å². The number of amides is 1. The number of nitrogens with zero attached hydrogens (tertiary/aromatic N) is 2. The topological polar surface area (TPSA) is 94.5 Å². The standard InChI is InChI=1S/C34H34N4O4/c1-41-23-13-11-22(12-14-23)20-38-21-28(33(39)26-8-4-6-10-31(26)38)34(40)36-18-17-35-32-25-7-3-5-9-29(25)37-30-16-15-24(42-2)19-27(30)32/h4,6,8,10-16,19,21H,3,5,7,9,17-18,20H2,1-2H3,(H,35,37)(H,36,40). The van der Waals surface area contributed by atoms with Gasteiger partial charge in [-0.05, 0) is 79.3 Å². The Bertz CT molecular complexity index is 1830. The number of hydrogen-bond acceptors (Lipinski definition) is 6. The summed E-state index contributed by atoms with van der Waals surface area (Å²) in [7, 11) is 3.29. The molecule has 0 bridgehead atoms. The number of pyridine rings is 2. The van der Waals surface area contributed by atoms with E-state index >= 15 is 0 Å². The van der Waals surface area contributed by atoms with Crippen LogP contribution in [0.3, 0.4) is 0 Å². The summed E-state index contributed by atoms with van der Waals surface area (Å²) < 4.78 is 12.7. The molecule has 1 amide bonds. The molecule has 2 aromatic heterocycles. The Morgan fingerprint density at radius 1 is 0.905 bits per heavy atom. The molecule has 0 saturated carbocycles. The van der Waals surface area contributed by atoms with Crippen molar-refractivity contribution in [3.63, 3.8) is 0 Å². The van der Waals surface area contributed by atoms with Gasteiger partial charge in [0.15, 0.2) is 0 Å². The van der Waals surface area contributed by atoms with Crippen LogP contribution in [0.5, 0.6) is 11.5 Å². The number of aryl methyl sites for hydroxylation is 1. The third kappa shape index (κ3) is 5.40. The number of hydrogen-bond donors (Lipinski definition) is 2. The maximum Gasteiger partial charge on any atom is 0.256 e. The van der Waals surface area contributed by atoms with Crippen molar-refractivity contribution < 1.29 is 14.3 Å². The first-order chi connectivity index (χ1) is 20.6. The number of aromatic nitrogens is 2. The molecule has 5 aromatic rings. The van der Waals surface area contributed by atoms with Gasteiger partial charge in [-0.15, -0.1) is 0 Å². The van der Waals surface area contributed by atoms with Crippen molar-refractivity contribution in [2.24, 2.45) is 0 Å². The van der Waals surface area contributed by atoms with Gasteiger partial charge in [0.2, 0.25) is 5.43 Å². The van der Waals surface area contributed by atoms with Gasteiger partial charge in [0.25, 0.3) is 5.91 Å². The van der Waals surface area contributed by atoms with Gasteiger partial charge in [-0.25, -0.2) is 0 Å². The molecule has 42 heavy (non-hydrogen) atoms. The second kappa shape index (κ2) is 11.9. The Kier molecular flexibility index (Phi) is 7.77. The summed E-state index contributed by atoms with van der Waals surface area (Å²) in [4.78, 5) is 31.6. The van der Waals surface area contributed by atoms with Crippen molar-refractivity contribution in [1.29, 1.82) is 0 Å². The number of methoxy groups -OCH3 is 2. The summed E-state index contributed by atoms with van der Waals surface area (Å²) in [6.45, 7) is 1.37. The zero-order valence-corrected chi connectivity index (χ0v) is 23.9.